The van der Waals surface area contributed by atoms with E-state index in [2.05, 4.69) is 25.8 Å². The molecule has 0 radical (unpaired) electrons. The molecule has 25 heavy (non-hydrogen) atoms. The lowest BCUT2D eigenvalue weighted by Crippen LogP contribution is -2.42. The summed E-state index contributed by atoms with van der Waals surface area (Å²) in [6, 6.07) is 6.38. The quantitative estimate of drug-likeness (QED) is 0.650. The van der Waals surface area contributed by atoms with E-state index in [1.807, 2.05) is 25.1 Å². The van der Waals surface area contributed by atoms with Crippen LogP contribution in [0.2, 0.25) is 0 Å². The molecule has 8 nitrogen and oxygen atoms in total. The van der Waals surface area contributed by atoms with Gasteiger partial charge in [0.25, 0.3) is 5.91 Å². The van der Waals surface area contributed by atoms with Gasteiger partial charge in [0.1, 0.15) is 6.33 Å². The highest BCUT2D eigenvalue weighted by Gasteiger charge is 2.22. The Morgan fingerprint density at radius 1 is 1.28 bits per heavy atom. The highest BCUT2D eigenvalue weighted by Crippen LogP contribution is 2.26. The van der Waals surface area contributed by atoms with Crippen LogP contribution in [0.15, 0.2) is 24.5 Å². The number of rotatable bonds is 5. The monoisotopic (exact) mass is 341 g/mol. The number of nitrogens with one attached hydrogen (secondary N) is 2. The van der Waals surface area contributed by atoms with Crippen molar-refractivity contribution in [3.05, 3.63) is 35.8 Å². The minimum atomic E-state index is -0.676. The number of anilines is 3. The molecule has 0 unspecified atom stereocenters. The molecule has 3 rings (SSSR count). The molecule has 1 aliphatic rings. The molecule has 1 aromatic heterocycles. The maximum atomic E-state index is 11.4. The van der Waals surface area contributed by atoms with Gasteiger partial charge in [0.2, 0.25) is 0 Å². The number of nitrogens with zero attached hydrogens (tertiary/aromatic N) is 3. The SMILES string of the molecule is Cc1cc(Nc2ncnnc2C(N)=O)ccc1N[C@@H]1CCCC[C@@H]1N. The van der Waals surface area contributed by atoms with E-state index in [-0.39, 0.29) is 17.6 Å². The zero-order valence-electron chi connectivity index (χ0n) is 14.2. The number of benzene rings is 1. The first kappa shape index (κ1) is 17.1. The third-order valence-corrected chi connectivity index (χ3v) is 4.50. The van der Waals surface area contributed by atoms with Gasteiger partial charge in [0, 0.05) is 23.5 Å². The molecule has 1 saturated carbocycles. The van der Waals surface area contributed by atoms with Crippen LogP contribution in [0.3, 0.4) is 0 Å². The molecule has 8 heteroatoms. The van der Waals surface area contributed by atoms with E-state index in [1.165, 1.54) is 19.2 Å². The summed E-state index contributed by atoms with van der Waals surface area (Å²) < 4.78 is 0. The topological polar surface area (TPSA) is 132 Å². The second kappa shape index (κ2) is 7.43. The maximum Gasteiger partial charge on any atom is 0.273 e. The fraction of sp³-hybridized carbons (Fsp3) is 0.412. The Kier molecular flexibility index (Phi) is 5.08. The van der Waals surface area contributed by atoms with Crippen molar-refractivity contribution >= 4 is 23.1 Å². The number of aromatic nitrogens is 3. The van der Waals surface area contributed by atoms with Gasteiger partial charge in [-0.2, -0.15) is 0 Å². The Labute approximate surface area is 146 Å². The Morgan fingerprint density at radius 3 is 2.80 bits per heavy atom. The second-order valence-corrected chi connectivity index (χ2v) is 6.38. The predicted octanol–water partition coefficient (Wildman–Crippen LogP) is 1.70. The molecule has 0 saturated heterocycles. The molecule has 1 aromatic carbocycles. The van der Waals surface area contributed by atoms with Crippen LogP contribution in [0.25, 0.3) is 0 Å². The summed E-state index contributed by atoms with van der Waals surface area (Å²) in [7, 11) is 0. The van der Waals surface area contributed by atoms with Crippen LogP contribution in [0.5, 0.6) is 0 Å². The molecule has 6 N–H and O–H groups in total. The van der Waals surface area contributed by atoms with Crippen LogP contribution >= 0.6 is 0 Å². The molecular formula is C17H23N7O. The summed E-state index contributed by atoms with van der Waals surface area (Å²) in [4.78, 5) is 15.4. The van der Waals surface area contributed by atoms with E-state index in [1.54, 1.807) is 0 Å². The van der Waals surface area contributed by atoms with Gasteiger partial charge >= 0.3 is 0 Å². The Balaban J connectivity index is 1.75. The molecule has 0 spiro atoms. The second-order valence-electron chi connectivity index (χ2n) is 6.38. The first-order valence-corrected chi connectivity index (χ1v) is 8.42. The van der Waals surface area contributed by atoms with E-state index >= 15 is 0 Å². The van der Waals surface area contributed by atoms with Crippen molar-refractivity contribution in [1.82, 2.24) is 15.2 Å². The van der Waals surface area contributed by atoms with Gasteiger partial charge in [-0.25, -0.2) is 4.98 Å². The average Bonchev–Trinajstić information content (AvgIpc) is 2.59. The average molecular weight is 341 g/mol. The van der Waals surface area contributed by atoms with E-state index in [0.29, 0.717) is 6.04 Å². The number of hydrogen-bond donors (Lipinski definition) is 4. The van der Waals surface area contributed by atoms with Gasteiger partial charge in [-0.3, -0.25) is 4.79 Å². The molecule has 1 aliphatic carbocycles. The Hall–Kier alpha value is -2.74. The lowest BCUT2D eigenvalue weighted by Gasteiger charge is -2.30. The van der Waals surface area contributed by atoms with Gasteiger partial charge in [0.05, 0.1) is 0 Å². The minimum Gasteiger partial charge on any atom is -0.381 e. The first-order valence-electron chi connectivity index (χ1n) is 8.42. The zero-order chi connectivity index (χ0) is 17.8. The maximum absolute atomic E-state index is 11.4. The number of amides is 1. The van der Waals surface area contributed by atoms with E-state index < -0.39 is 5.91 Å². The van der Waals surface area contributed by atoms with Crippen LogP contribution in [-0.4, -0.2) is 33.2 Å². The third-order valence-electron chi connectivity index (χ3n) is 4.50. The summed E-state index contributed by atoms with van der Waals surface area (Å²) in [6.07, 6.45) is 5.83. The molecule has 1 fully saturated rings. The van der Waals surface area contributed by atoms with Crippen molar-refractivity contribution in [1.29, 1.82) is 0 Å². The van der Waals surface area contributed by atoms with Gasteiger partial charge < -0.3 is 22.1 Å². The number of carbonyl (C=O) groups is 1. The van der Waals surface area contributed by atoms with E-state index in [4.69, 9.17) is 11.5 Å². The third kappa shape index (κ3) is 4.03. The van der Waals surface area contributed by atoms with Gasteiger partial charge in [0.15, 0.2) is 11.5 Å². The number of hydrogen-bond acceptors (Lipinski definition) is 7. The van der Waals surface area contributed by atoms with Crippen LogP contribution in [-0.2, 0) is 0 Å². The first-order chi connectivity index (χ1) is 12.0. The Bertz CT molecular complexity index is 764. The van der Waals surface area contributed by atoms with Gasteiger partial charge in [-0.1, -0.05) is 12.8 Å². The molecule has 1 amide bonds. The van der Waals surface area contributed by atoms with E-state index in [9.17, 15) is 4.79 Å². The van der Waals surface area contributed by atoms with Gasteiger partial charge in [-0.15, -0.1) is 10.2 Å². The normalized spacial score (nSPS) is 20.1. The number of carbonyl (C=O) groups excluding carboxylic acids is 1. The Morgan fingerprint density at radius 2 is 2.08 bits per heavy atom. The molecule has 132 valence electrons. The summed E-state index contributed by atoms with van der Waals surface area (Å²) >= 11 is 0. The molecule has 0 aliphatic heterocycles. The number of primary amides is 1. The van der Waals surface area contributed by atoms with E-state index in [0.717, 1.165) is 29.8 Å². The minimum absolute atomic E-state index is 0.00975. The lowest BCUT2D eigenvalue weighted by atomic mass is 9.90. The summed E-state index contributed by atoms with van der Waals surface area (Å²) in [6.45, 7) is 2.02. The van der Waals surface area contributed by atoms with Gasteiger partial charge in [-0.05, 0) is 43.5 Å². The highest BCUT2D eigenvalue weighted by molar-refractivity contribution is 5.95. The van der Waals surface area contributed by atoms with Crippen molar-refractivity contribution in [2.45, 2.75) is 44.7 Å². The zero-order valence-corrected chi connectivity index (χ0v) is 14.2. The summed E-state index contributed by atoms with van der Waals surface area (Å²) in [5.41, 5.74) is 14.4. The smallest absolute Gasteiger partial charge is 0.273 e. The molecule has 1 heterocycles. The van der Waals surface area contributed by atoms with Crippen molar-refractivity contribution in [3.8, 4) is 0 Å². The summed E-state index contributed by atoms with van der Waals surface area (Å²) in [5.74, 6) is -0.388. The van der Waals surface area contributed by atoms with Crippen molar-refractivity contribution in [2.75, 3.05) is 10.6 Å². The number of aryl methyl sites for hydroxylation is 1. The lowest BCUT2D eigenvalue weighted by molar-refractivity contribution is 0.0995. The highest BCUT2D eigenvalue weighted by atomic mass is 16.1. The van der Waals surface area contributed by atoms with Crippen molar-refractivity contribution in [3.63, 3.8) is 0 Å². The number of nitrogens with two attached hydrogens (primary N) is 2. The van der Waals surface area contributed by atoms with Crippen molar-refractivity contribution < 1.29 is 4.79 Å². The van der Waals surface area contributed by atoms with Crippen LogP contribution in [0, 0.1) is 6.92 Å². The molecular weight excluding hydrogens is 318 g/mol. The van der Waals surface area contributed by atoms with Crippen LogP contribution in [0.1, 0.15) is 41.7 Å². The summed E-state index contributed by atoms with van der Waals surface area (Å²) in [5, 5.41) is 13.9. The fourth-order valence-corrected chi connectivity index (χ4v) is 3.11. The fourth-order valence-electron chi connectivity index (χ4n) is 3.11. The standard InChI is InChI=1S/C17H23N7O/c1-10-8-11(22-17-15(16(19)25)24-21-9-20-17)6-7-13(10)23-14-5-3-2-4-12(14)18/h6-9,12,14,23H,2-5,18H2,1H3,(H2,19,25)(H,20,21,22)/t12-,14+/m0/s1. The molecule has 0 bridgehead atoms. The van der Waals surface area contributed by atoms with Crippen LogP contribution < -0.4 is 22.1 Å². The largest absolute Gasteiger partial charge is 0.381 e. The van der Waals surface area contributed by atoms with Crippen molar-refractivity contribution in [2.24, 2.45) is 11.5 Å². The van der Waals surface area contributed by atoms with Crippen LogP contribution in [0.4, 0.5) is 17.2 Å². The molecule has 2 atom stereocenters. The molecule has 2 aromatic rings. The predicted molar refractivity (Wildman–Crippen MR) is 96.7 cm³/mol.